The summed E-state index contributed by atoms with van der Waals surface area (Å²) in [6.07, 6.45) is 1.49. The van der Waals surface area contributed by atoms with Gasteiger partial charge in [-0.05, 0) is 73.9 Å². The van der Waals surface area contributed by atoms with Crippen LogP contribution < -0.4 is 19.9 Å². The van der Waals surface area contributed by atoms with Crippen LogP contribution in [0.3, 0.4) is 0 Å². The molecule has 1 aromatic heterocycles. The number of ether oxygens (including phenoxy) is 1. The van der Waals surface area contributed by atoms with Crippen LogP contribution in [-0.2, 0) is 27.8 Å². The summed E-state index contributed by atoms with van der Waals surface area (Å²) in [4.78, 5) is 25.9. The third-order valence-electron chi connectivity index (χ3n) is 5.80. The molecule has 0 aliphatic carbocycles. The van der Waals surface area contributed by atoms with E-state index in [0.29, 0.717) is 25.3 Å². The minimum Gasteiger partial charge on any atom is -0.494 e. The number of nitrogens with zero attached hydrogens (tertiary/aromatic N) is 3. The molecule has 1 N–H and O–H groups in total. The Kier molecular flexibility index (Phi) is 7.32. The van der Waals surface area contributed by atoms with E-state index < -0.39 is 10.0 Å². The highest BCUT2D eigenvalue weighted by molar-refractivity contribution is 7.89. The SMILES string of the molecule is CCOc1ccc(-c2ccc(=O)n(CCNS(=O)(=O)c3ccc4c(c3)CCCN4C(C)=O)n2)cc1. The Balaban J connectivity index is 1.45. The summed E-state index contributed by atoms with van der Waals surface area (Å²) in [5.41, 5.74) is 2.67. The Morgan fingerprint density at radius 3 is 2.60 bits per heavy atom. The summed E-state index contributed by atoms with van der Waals surface area (Å²) in [6, 6.07) is 15.2. The van der Waals surface area contributed by atoms with Crippen LogP contribution in [0.5, 0.6) is 5.75 Å². The number of rotatable bonds is 8. The smallest absolute Gasteiger partial charge is 0.266 e. The van der Waals surface area contributed by atoms with E-state index in [1.165, 1.54) is 23.7 Å². The van der Waals surface area contributed by atoms with Gasteiger partial charge in [0.25, 0.3) is 5.56 Å². The van der Waals surface area contributed by atoms with Crippen molar-refractivity contribution in [3.05, 3.63) is 70.5 Å². The van der Waals surface area contributed by atoms with E-state index in [1.807, 2.05) is 31.2 Å². The van der Waals surface area contributed by atoms with Gasteiger partial charge in [0.2, 0.25) is 15.9 Å². The van der Waals surface area contributed by atoms with Crippen molar-refractivity contribution in [1.82, 2.24) is 14.5 Å². The second-order valence-corrected chi connectivity index (χ2v) is 9.97. The zero-order valence-corrected chi connectivity index (χ0v) is 20.5. The largest absolute Gasteiger partial charge is 0.494 e. The maximum Gasteiger partial charge on any atom is 0.266 e. The molecule has 0 fully saturated rings. The van der Waals surface area contributed by atoms with Crippen LogP contribution in [0.15, 0.2) is 64.3 Å². The number of carbonyl (C=O) groups excluding carboxylic acids is 1. The van der Waals surface area contributed by atoms with Gasteiger partial charge in [0, 0.05) is 37.3 Å². The van der Waals surface area contributed by atoms with Crippen LogP contribution in [0.4, 0.5) is 5.69 Å². The van der Waals surface area contributed by atoms with Crippen molar-refractivity contribution in [2.45, 2.75) is 38.1 Å². The molecule has 0 spiro atoms. The molecule has 0 radical (unpaired) electrons. The van der Waals surface area contributed by atoms with Crippen molar-refractivity contribution in [2.75, 3.05) is 24.6 Å². The number of aryl methyl sites for hydroxylation is 1. The standard InChI is InChI=1S/C25H28N4O5S/c1-3-34-21-8-6-19(7-9-21)23-11-13-25(31)29(27-23)16-14-26-35(32,33)22-10-12-24-20(17-22)5-4-15-28(24)18(2)30/h6-13,17,26H,3-5,14-16H2,1-2H3. The van der Waals surface area contributed by atoms with Crippen LogP contribution in [0.25, 0.3) is 11.3 Å². The monoisotopic (exact) mass is 496 g/mol. The summed E-state index contributed by atoms with van der Waals surface area (Å²) in [6.45, 7) is 4.69. The molecule has 1 aliphatic heterocycles. The summed E-state index contributed by atoms with van der Waals surface area (Å²) in [5.74, 6) is 0.681. The van der Waals surface area contributed by atoms with E-state index in [-0.39, 0.29) is 29.5 Å². The molecular weight excluding hydrogens is 468 g/mol. The molecule has 3 aromatic rings. The number of fused-ring (bicyclic) bond motifs is 1. The molecule has 184 valence electrons. The number of nitrogens with one attached hydrogen (secondary N) is 1. The number of hydrogen-bond acceptors (Lipinski definition) is 6. The normalized spacial score (nSPS) is 13.4. The van der Waals surface area contributed by atoms with E-state index in [9.17, 15) is 18.0 Å². The molecule has 2 heterocycles. The molecular formula is C25H28N4O5S. The molecule has 10 heteroatoms. The highest BCUT2D eigenvalue weighted by Gasteiger charge is 2.23. The fraction of sp³-hybridized carbons (Fsp3) is 0.320. The Morgan fingerprint density at radius 2 is 1.89 bits per heavy atom. The second-order valence-electron chi connectivity index (χ2n) is 8.20. The third kappa shape index (κ3) is 5.60. The predicted molar refractivity (Wildman–Crippen MR) is 133 cm³/mol. The Morgan fingerprint density at radius 1 is 1.11 bits per heavy atom. The quantitative estimate of drug-likeness (QED) is 0.513. The average Bonchev–Trinajstić information content (AvgIpc) is 2.85. The molecule has 0 saturated carbocycles. The first-order chi connectivity index (χ1) is 16.8. The van der Waals surface area contributed by atoms with Crippen LogP contribution in [0.2, 0.25) is 0 Å². The maximum absolute atomic E-state index is 12.9. The van der Waals surface area contributed by atoms with Crippen molar-refractivity contribution in [3.8, 4) is 17.0 Å². The first-order valence-electron chi connectivity index (χ1n) is 11.5. The molecule has 0 unspecified atom stereocenters. The van der Waals surface area contributed by atoms with Gasteiger partial charge in [-0.2, -0.15) is 5.10 Å². The highest BCUT2D eigenvalue weighted by atomic mass is 32.2. The molecule has 4 rings (SSSR count). The van der Waals surface area contributed by atoms with Gasteiger partial charge in [0.1, 0.15) is 5.75 Å². The lowest BCUT2D eigenvalue weighted by Crippen LogP contribution is -2.34. The molecule has 0 atom stereocenters. The van der Waals surface area contributed by atoms with Gasteiger partial charge in [-0.15, -0.1) is 0 Å². The van der Waals surface area contributed by atoms with Gasteiger partial charge in [-0.3, -0.25) is 9.59 Å². The number of anilines is 1. The molecule has 35 heavy (non-hydrogen) atoms. The minimum absolute atomic E-state index is 0.00136. The van der Waals surface area contributed by atoms with Gasteiger partial charge < -0.3 is 9.64 Å². The van der Waals surface area contributed by atoms with Crippen molar-refractivity contribution in [2.24, 2.45) is 0 Å². The topological polar surface area (TPSA) is 111 Å². The van der Waals surface area contributed by atoms with E-state index in [2.05, 4.69) is 9.82 Å². The third-order valence-corrected chi connectivity index (χ3v) is 7.26. The minimum atomic E-state index is -3.80. The summed E-state index contributed by atoms with van der Waals surface area (Å²) < 4.78 is 35.0. The predicted octanol–water partition coefficient (Wildman–Crippen LogP) is 2.59. The molecule has 1 amide bonds. The molecule has 0 bridgehead atoms. The number of hydrogen-bond donors (Lipinski definition) is 1. The average molecular weight is 497 g/mol. The Labute approximate surface area is 204 Å². The zero-order valence-electron chi connectivity index (χ0n) is 19.7. The second kappa shape index (κ2) is 10.4. The Hall–Kier alpha value is -3.50. The van der Waals surface area contributed by atoms with E-state index in [4.69, 9.17) is 4.74 Å². The lowest BCUT2D eigenvalue weighted by Gasteiger charge is -2.28. The van der Waals surface area contributed by atoms with Gasteiger partial charge in [-0.1, -0.05) is 0 Å². The molecule has 0 saturated heterocycles. The van der Waals surface area contributed by atoms with E-state index in [0.717, 1.165) is 29.0 Å². The fourth-order valence-electron chi connectivity index (χ4n) is 4.09. The van der Waals surface area contributed by atoms with Crippen molar-refractivity contribution < 1.29 is 17.9 Å². The van der Waals surface area contributed by atoms with Crippen LogP contribution in [0.1, 0.15) is 25.8 Å². The summed E-state index contributed by atoms with van der Waals surface area (Å²) in [5, 5.41) is 4.38. The van der Waals surface area contributed by atoms with Crippen molar-refractivity contribution in [1.29, 1.82) is 0 Å². The number of benzene rings is 2. The first-order valence-corrected chi connectivity index (χ1v) is 13.0. The Bertz CT molecular complexity index is 1380. The van der Waals surface area contributed by atoms with Crippen LogP contribution in [-0.4, -0.2) is 43.8 Å². The lowest BCUT2D eigenvalue weighted by atomic mass is 10.0. The molecule has 9 nitrogen and oxygen atoms in total. The lowest BCUT2D eigenvalue weighted by molar-refractivity contribution is -0.116. The van der Waals surface area contributed by atoms with E-state index >= 15 is 0 Å². The van der Waals surface area contributed by atoms with Crippen molar-refractivity contribution >= 4 is 21.6 Å². The van der Waals surface area contributed by atoms with Gasteiger partial charge in [-0.25, -0.2) is 17.8 Å². The zero-order chi connectivity index (χ0) is 25.0. The number of carbonyl (C=O) groups is 1. The molecule has 1 aliphatic rings. The van der Waals surface area contributed by atoms with Gasteiger partial charge in [0.15, 0.2) is 0 Å². The maximum atomic E-state index is 12.9. The molecule has 2 aromatic carbocycles. The van der Waals surface area contributed by atoms with E-state index in [1.54, 1.807) is 23.1 Å². The van der Waals surface area contributed by atoms with Gasteiger partial charge in [0.05, 0.1) is 23.7 Å². The summed E-state index contributed by atoms with van der Waals surface area (Å²) >= 11 is 0. The van der Waals surface area contributed by atoms with Crippen LogP contribution in [0, 0.1) is 0 Å². The van der Waals surface area contributed by atoms with Crippen molar-refractivity contribution in [3.63, 3.8) is 0 Å². The highest BCUT2D eigenvalue weighted by Crippen LogP contribution is 2.29. The number of sulfonamides is 1. The number of aromatic nitrogens is 2. The first kappa shape index (κ1) is 24.6. The van der Waals surface area contributed by atoms with Crippen LogP contribution >= 0.6 is 0 Å². The summed E-state index contributed by atoms with van der Waals surface area (Å²) in [7, 11) is -3.80. The number of amides is 1. The van der Waals surface area contributed by atoms with Gasteiger partial charge >= 0.3 is 0 Å². The fourth-order valence-corrected chi connectivity index (χ4v) is 5.16.